The van der Waals surface area contributed by atoms with E-state index in [1.807, 2.05) is 0 Å². The van der Waals surface area contributed by atoms with Crippen LogP contribution < -0.4 is 5.73 Å². The van der Waals surface area contributed by atoms with Gasteiger partial charge in [-0.05, 0) is 12.5 Å². The first-order chi connectivity index (χ1) is 7.49. The molecule has 0 heterocycles. The number of carbonyl (C=O) groups excluding carboxylic acids is 1. The van der Waals surface area contributed by atoms with Gasteiger partial charge in [-0.3, -0.25) is 10.1 Å². The van der Waals surface area contributed by atoms with E-state index in [-0.39, 0.29) is 11.8 Å². The van der Waals surface area contributed by atoms with E-state index in [4.69, 9.17) is 10.5 Å². The van der Waals surface area contributed by atoms with Gasteiger partial charge < -0.3 is 10.5 Å². The highest BCUT2D eigenvalue weighted by Gasteiger charge is 2.09. The number of hydrogen-bond donors (Lipinski definition) is 1. The number of carbonyl (C=O) groups is 1. The SMILES string of the molecule is CC(Cc1ccc([N+](=O)[O-])cc1)OC(N)=O. The molecular formula is C10H12N2O4. The molecule has 0 aliphatic carbocycles. The van der Waals surface area contributed by atoms with E-state index in [0.717, 1.165) is 5.56 Å². The van der Waals surface area contributed by atoms with E-state index in [0.29, 0.717) is 6.42 Å². The van der Waals surface area contributed by atoms with Gasteiger partial charge >= 0.3 is 6.09 Å². The van der Waals surface area contributed by atoms with Crippen molar-refractivity contribution in [2.75, 3.05) is 0 Å². The van der Waals surface area contributed by atoms with Crippen LogP contribution in [-0.4, -0.2) is 17.1 Å². The summed E-state index contributed by atoms with van der Waals surface area (Å²) in [5, 5.41) is 10.4. The zero-order valence-electron chi connectivity index (χ0n) is 8.75. The average molecular weight is 224 g/mol. The summed E-state index contributed by atoms with van der Waals surface area (Å²) < 4.78 is 4.74. The Morgan fingerprint density at radius 3 is 2.50 bits per heavy atom. The minimum absolute atomic E-state index is 0.0345. The molecule has 1 rings (SSSR count). The van der Waals surface area contributed by atoms with Crippen LogP contribution in [0.1, 0.15) is 12.5 Å². The molecule has 0 spiro atoms. The van der Waals surface area contributed by atoms with Crippen LogP contribution in [-0.2, 0) is 11.2 Å². The maximum atomic E-state index is 10.5. The quantitative estimate of drug-likeness (QED) is 0.620. The van der Waals surface area contributed by atoms with Gasteiger partial charge in [0.1, 0.15) is 6.10 Å². The molecule has 0 saturated carbocycles. The van der Waals surface area contributed by atoms with Crippen LogP contribution in [0.4, 0.5) is 10.5 Å². The minimum Gasteiger partial charge on any atom is -0.446 e. The first-order valence-corrected chi connectivity index (χ1v) is 4.68. The van der Waals surface area contributed by atoms with Crippen molar-refractivity contribution in [3.8, 4) is 0 Å². The molecule has 16 heavy (non-hydrogen) atoms. The number of ether oxygens (including phenoxy) is 1. The number of nitro groups is 1. The second kappa shape index (κ2) is 5.11. The van der Waals surface area contributed by atoms with E-state index in [9.17, 15) is 14.9 Å². The molecule has 86 valence electrons. The van der Waals surface area contributed by atoms with Gasteiger partial charge in [-0.25, -0.2) is 4.79 Å². The lowest BCUT2D eigenvalue weighted by Crippen LogP contribution is -2.21. The third-order valence-electron chi connectivity index (χ3n) is 1.99. The Morgan fingerprint density at radius 2 is 2.06 bits per heavy atom. The molecule has 1 aromatic carbocycles. The number of nitrogens with two attached hydrogens (primary N) is 1. The monoisotopic (exact) mass is 224 g/mol. The standard InChI is InChI=1S/C10H12N2O4/c1-7(16-10(11)13)6-8-2-4-9(5-3-8)12(14)15/h2-5,7H,6H2,1H3,(H2,11,13). The fourth-order valence-corrected chi connectivity index (χ4v) is 1.33. The number of benzene rings is 1. The van der Waals surface area contributed by atoms with Gasteiger partial charge in [-0.15, -0.1) is 0 Å². The summed E-state index contributed by atoms with van der Waals surface area (Å²) in [6.45, 7) is 1.70. The zero-order valence-corrected chi connectivity index (χ0v) is 8.75. The van der Waals surface area contributed by atoms with Gasteiger partial charge in [0.05, 0.1) is 4.92 Å². The number of nitrogens with zero attached hydrogens (tertiary/aromatic N) is 1. The fraction of sp³-hybridized carbons (Fsp3) is 0.300. The molecule has 1 unspecified atom stereocenters. The minimum atomic E-state index is -0.825. The van der Waals surface area contributed by atoms with E-state index >= 15 is 0 Å². The predicted molar refractivity (Wildman–Crippen MR) is 56.9 cm³/mol. The highest BCUT2D eigenvalue weighted by molar-refractivity contribution is 5.64. The van der Waals surface area contributed by atoms with E-state index in [1.165, 1.54) is 12.1 Å². The first-order valence-electron chi connectivity index (χ1n) is 4.68. The van der Waals surface area contributed by atoms with Crippen LogP contribution in [0.5, 0.6) is 0 Å². The maximum Gasteiger partial charge on any atom is 0.404 e. The Balaban J connectivity index is 2.61. The molecule has 0 aliphatic rings. The fourth-order valence-electron chi connectivity index (χ4n) is 1.33. The molecule has 1 atom stereocenters. The number of rotatable bonds is 4. The van der Waals surface area contributed by atoms with Crippen LogP contribution in [0.25, 0.3) is 0 Å². The molecule has 0 aliphatic heterocycles. The first kappa shape index (κ1) is 12.0. The summed E-state index contributed by atoms with van der Waals surface area (Å²) in [7, 11) is 0. The van der Waals surface area contributed by atoms with Crippen molar-refractivity contribution in [3.05, 3.63) is 39.9 Å². The summed E-state index contributed by atoms with van der Waals surface area (Å²) in [5.41, 5.74) is 5.74. The molecule has 0 radical (unpaired) electrons. The van der Waals surface area contributed by atoms with E-state index < -0.39 is 11.0 Å². The second-order valence-electron chi connectivity index (χ2n) is 3.38. The van der Waals surface area contributed by atoms with Crippen molar-refractivity contribution in [1.82, 2.24) is 0 Å². The Morgan fingerprint density at radius 1 is 1.50 bits per heavy atom. The molecule has 6 heteroatoms. The Kier molecular flexibility index (Phi) is 3.82. The van der Waals surface area contributed by atoms with E-state index in [1.54, 1.807) is 19.1 Å². The maximum absolute atomic E-state index is 10.5. The summed E-state index contributed by atoms with van der Waals surface area (Å²) in [6, 6.07) is 6.07. The Bertz CT molecular complexity index is 388. The normalized spacial score (nSPS) is 11.8. The largest absolute Gasteiger partial charge is 0.446 e. The van der Waals surface area contributed by atoms with Crippen LogP contribution >= 0.6 is 0 Å². The van der Waals surface area contributed by atoms with Crippen molar-refractivity contribution in [3.63, 3.8) is 0 Å². The van der Waals surface area contributed by atoms with E-state index in [2.05, 4.69) is 0 Å². The van der Waals surface area contributed by atoms with Gasteiger partial charge in [0.2, 0.25) is 0 Å². The van der Waals surface area contributed by atoms with Gasteiger partial charge in [0.15, 0.2) is 0 Å². The van der Waals surface area contributed by atoms with Crippen LogP contribution in [0.15, 0.2) is 24.3 Å². The number of non-ortho nitro benzene ring substituents is 1. The molecule has 0 aromatic heterocycles. The topological polar surface area (TPSA) is 95.5 Å². The van der Waals surface area contributed by atoms with Gasteiger partial charge in [0, 0.05) is 18.6 Å². The lowest BCUT2D eigenvalue weighted by atomic mass is 10.1. The van der Waals surface area contributed by atoms with Crippen molar-refractivity contribution in [2.24, 2.45) is 5.73 Å². The molecule has 1 aromatic rings. The van der Waals surface area contributed by atoms with Crippen molar-refractivity contribution < 1.29 is 14.5 Å². The van der Waals surface area contributed by atoms with Crippen molar-refractivity contribution in [2.45, 2.75) is 19.4 Å². The zero-order chi connectivity index (χ0) is 12.1. The summed E-state index contributed by atoms with van der Waals surface area (Å²) in [4.78, 5) is 20.4. The second-order valence-corrected chi connectivity index (χ2v) is 3.38. The van der Waals surface area contributed by atoms with Crippen molar-refractivity contribution >= 4 is 11.8 Å². The van der Waals surface area contributed by atoms with Crippen LogP contribution in [0, 0.1) is 10.1 Å². The highest BCUT2D eigenvalue weighted by atomic mass is 16.6. The van der Waals surface area contributed by atoms with Gasteiger partial charge in [-0.2, -0.15) is 0 Å². The Hall–Kier alpha value is -2.11. The molecule has 2 N–H and O–H groups in total. The molecule has 0 bridgehead atoms. The Labute approximate surface area is 92.2 Å². The number of primary amides is 1. The average Bonchev–Trinajstić information content (AvgIpc) is 2.16. The van der Waals surface area contributed by atoms with Crippen LogP contribution in [0.3, 0.4) is 0 Å². The third-order valence-corrected chi connectivity index (χ3v) is 1.99. The summed E-state index contributed by atoms with van der Waals surface area (Å²) >= 11 is 0. The predicted octanol–water partition coefficient (Wildman–Crippen LogP) is 1.62. The van der Waals surface area contributed by atoms with Crippen molar-refractivity contribution in [1.29, 1.82) is 0 Å². The highest BCUT2D eigenvalue weighted by Crippen LogP contribution is 2.13. The molecule has 6 nitrogen and oxygen atoms in total. The number of hydrogen-bond acceptors (Lipinski definition) is 4. The van der Waals surface area contributed by atoms with Gasteiger partial charge in [0.25, 0.3) is 5.69 Å². The number of amides is 1. The lowest BCUT2D eigenvalue weighted by Gasteiger charge is -2.10. The molecular weight excluding hydrogens is 212 g/mol. The number of nitro benzene ring substituents is 1. The molecule has 1 amide bonds. The van der Waals surface area contributed by atoms with Gasteiger partial charge in [-0.1, -0.05) is 12.1 Å². The molecule has 0 saturated heterocycles. The lowest BCUT2D eigenvalue weighted by molar-refractivity contribution is -0.384. The molecule has 0 fully saturated rings. The summed E-state index contributed by atoms with van der Waals surface area (Å²) in [5.74, 6) is 0. The van der Waals surface area contributed by atoms with Crippen LogP contribution in [0.2, 0.25) is 0 Å². The third kappa shape index (κ3) is 3.56. The summed E-state index contributed by atoms with van der Waals surface area (Å²) in [6.07, 6.45) is -0.700. The smallest absolute Gasteiger partial charge is 0.404 e.